The Bertz CT molecular complexity index is 803. The number of hydrogen-bond donors (Lipinski definition) is 1. The van der Waals surface area contributed by atoms with E-state index in [0.717, 1.165) is 0 Å². The van der Waals surface area contributed by atoms with Crippen molar-refractivity contribution in [2.24, 2.45) is 0 Å². The minimum absolute atomic E-state index is 0.0490. The van der Waals surface area contributed by atoms with E-state index >= 15 is 0 Å². The van der Waals surface area contributed by atoms with Gasteiger partial charge >= 0.3 is 0 Å². The molecule has 2 heterocycles. The third-order valence-corrected chi connectivity index (χ3v) is 4.38. The number of non-ortho nitro benzene ring substituents is 1. The van der Waals surface area contributed by atoms with Crippen molar-refractivity contribution in [1.82, 2.24) is 4.98 Å². The Hall–Kier alpha value is -2.41. The van der Waals surface area contributed by atoms with Gasteiger partial charge in [-0.3, -0.25) is 10.1 Å². The van der Waals surface area contributed by atoms with Gasteiger partial charge in [0.05, 0.1) is 11.5 Å². The van der Waals surface area contributed by atoms with E-state index in [1.54, 1.807) is 23.5 Å². The molecular weight excluding hydrogens is 290 g/mol. The second-order valence-electron chi connectivity index (χ2n) is 4.71. The number of para-hydroxylation sites is 1. The molecule has 2 aromatic heterocycles. The van der Waals surface area contributed by atoms with Gasteiger partial charge in [-0.05, 0) is 31.5 Å². The summed E-state index contributed by atoms with van der Waals surface area (Å²) in [5.74, 6) is 0. The number of hydrogen-bond acceptors (Lipinski definition) is 6. The number of nitrogens with zero attached hydrogens (tertiary/aromatic N) is 2. The van der Waals surface area contributed by atoms with Crippen LogP contribution in [0.4, 0.5) is 11.7 Å². The summed E-state index contributed by atoms with van der Waals surface area (Å²) in [6, 6.07) is 7.07. The lowest BCUT2D eigenvalue weighted by Crippen LogP contribution is -1.97. The Morgan fingerprint density at radius 3 is 2.90 bits per heavy atom. The second-order valence-corrected chi connectivity index (χ2v) is 6.05. The van der Waals surface area contributed by atoms with Crippen LogP contribution >= 0.6 is 11.3 Å². The minimum Gasteiger partial charge on any atom is -0.423 e. The number of nitro groups is 1. The third kappa shape index (κ3) is 2.59. The van der Waals surface area contributed by atoms with Crippen molar-refractivity contribution in [3.63, 3.8) is 0 Å². The van der Waals surface area contributed by atoms with Crippen LogP contribution in [0.3, 0.4) is 0 Å². The van der Waals surface area contributed by atoms with Gasteiger partial charge in [-0.1, -0.05) is 6.07 Å². The first-order valence-corrected chi connectivity index (χ1v) is 7.20. The molecule has 0 radical (unpaired) electrons. The quantitative estimate of drug-likeness (QED) is 0.581. The van der Waals surface area contributed by atoms with Gasteiger partial charge in [-0.25, -0.2) is 0 Å². The number of nitro benzene ring substituents is 1. The average molecular weight is 303 g/mol. The van der Waals surface area contributed by atoms with Crippen molar-refractivity contribution in [2.75, 3.05) is 5.32 Å². The van der Waals surface area contributed by atoms with Gasteiger partial charge < -0.3 is 9.73 Å². The van der Waals surface area contributed by atoms with Crippen LogP contribution in [-0.2, 0) is 6.54 Å². The molecule has 1 N–H and O–H groups in total. The number of rotatable bonds is 4. The third-order valence-electron chi connectivity index (χ3n) is 3.23. The van der Waals surface area contributed by atoms with Gasteiger partial charge in [0, 0.05) is 15.8 Å². The predicted octanol–water partition coefficient (Wildman–Crippen LogP) is 4.03. The molecule has 0 spiro atoms. The van der Waals surface area contributed by atoms with Gasteiger partial charge in [0.15, 0.2) is 11.1 Å². The molecule has 7 heteroatoms. The van der Waals surface area contributed by atoms with E-state index in [1.165, 1.54) is 21.4 Å². The van der Waals surface area contributed by atoms with Crippen LogP contribution in [0.1, 0.15) is 15.3 Å². The summed E-state index contributed by atoms with van der Waals surface area (Å²) in [4.78, 5) is 17.1. The van der Waals surface area contributed by atoms with E-state index in [1.807, 2.05) is 0 Å². The molecule has 3 rings (SSSR count). The summed E-state index contributed by atoms with van der Waals surface area (Å²) in [7, 11) is 0. The van der Waals surface area contributed by atoms with E-state index in [4.69, 9.17) is 4.42 Å². The summed E-state index contributed by atoms with van der Waals surface area (Å²) in [6.07, 6.45) is 0. The minimum atomic E-state index is -0.458. The van der Waals surface area contributed by atoms with E-state index in [0.29, 0.717) is 18.1 Å². The van der Waals surface area contributed by atoms with Gasteiger partial charge in [-0.15, -0.1) is 11.3 Å². The van der Waals surface area contributed by atoms with Crippen molar-refractivity contribution < 1.29 is 9.34 Å². The fraction of sp³-hybridized carbons (Fsp3) is 0.214. The van der Waals surface area contributed by atoms with Crippen molar-refractivity contribution in [3.05, 3.63) is 49.7 Å². The SMILES string of the molecule is Cc1cc(CNc2nc3c([N+](=O)[O-])cccc3o2)sc1C. The highest BCUT2D eigenvalue weighted by Crippen LogP contribution is 2.28. The van der Waals surface area contributed by atoms with Crippen LogP contribution in [-0.4, -0.2) is 9.91 Å². The number of aromatic nitrogens is 1. The molecule has 0 bridgehead atoms. The molecule has 0 saturated heterocycles. The Labute approximate surface area is 124 Å². The molecule has 0 amide bonds. The zero-order valence-corrected chi connectivity index (χ0v) is 12.4. The lowest BCUT2D eigenvalue weighted by atomic mass is 10.3. The van der Waals surface area contributed by atoms with Gasteiger partial charge in [-0.2, -0.15) is 4.98 Å². The first-order valence-electron chi connectivity index (χ1n) is 6.38. The lowest BCUT2D eigenvalue weighted by molar-refractivity contribution is -0.383. The summed E-state index contributed by atoms with van der Waals surface area (Å²) < 4.78 is 5.50. The van der Waals surface area contributed by atoms with E-state index in [9.17, 15) is 10.1 Å². The van der Waals surface area contributed by atoms with Crippen LogP contribution in [0, 0.1) is 24.0 Å². The second kappa shape index (κ2) is 5.17. The highest BCUT2D eigenvalue weighted by Gasteiger charge is 2.17. The molecule has 0 saturated carbocycles. The molecule has 0 aliphatic carbocycles. The molecule has 0 fully saturated rings. The molecular formula is C14H13N3O3S. The lowest BCUT2D eigenvalue weighted by Gasteiger charge is -1.97. The normalized spacial score (nSPS) is 11.0. The molecule has 0 unspecified atom stereocenters. The van der Waals surface area contributed by atoms with Gasteiger partial charge in [0.1, 0.15) is 0 Å². The van der Waals surface area contributed by atoms with E-state index in [-0.39, 0.29) is 11.2 Å². The maximum absolute atomic E-state index is 10.9. The average Bonchev–Trinajstić information content (AvgIpc) is 2.99. The molecule has 0 aliphatic rings. The smallest absolute Gasteiger partial charge is 0.298 e. The zero-order chi connectivity index (χ0) is 15.0. The number of oxazole rings is 1. The van der Waals surface area contributed by atoms with Crippen molar-refractivity contribution in [3.8, 4) is 0 Å². The molecule has 1 aromatic carbocycles. The maximum atomic E-state index is 10.9. The van der Waals surface area contributed by atoms with Gasteiger partial charge in [0.2, 0.25) is 0 Å². The van der Waals surface area contributed by atoms with Gasteiger partial charge in [0.25, 0.3) is 11.7 Å². The topological polar surface area (TPSA) is 81.2 Å². The summed E-state index contributed by atoms with van der Waals surface area (Å²) in [5.41, 5.74) is 1.88. The Balaban J connectivity index is 1.84. The molecule has 6 nitrogen and oxygen atoms in total. The molecule has 0 aliphatic heterocycles. The maximum Gasteiger partial charge on any atom is 0.298 e. The fourth-order valence-corrected chi connectivity index (χ4v) is 3.05. The van der Waals surface area contributed by atoms with Crippen LogP contribution < -0.4 is 5.32 Å². The van der Waals surface area contributed by atoms with Crippen molar-refractivity contribution in [1.29, 1.82) is 0 Å². The number of nitrogens with one attached hydrogen (secondary N) is 1. The van der Waals surface area contributed by atoms with Crippen LogP contribution in [0.15, 0.2) is 28.7 Å². The standard InChI is InChI=1S/C14H13N3O3S/c1-8-6-10(21-9(8)2)7-15-14-16-13-11(17(18)19)4-3-5-12(13)20-14/h3-6H,7H2,1-2H3,(H,15,16). The number of fused-ring (bicyclic) bond motifs is 1. The van der Waals surface area contributed by atoms with Crippen molar-refractivity contribution in [2.45, 2.75) is 20.4 Å². The van der Waals surface area contributed by atoms with Crippen LogP contribution in [0.2, 0.25) is 0 Å². The summed E-state index contributed by atoms with van der Waals surface area (Å²) in [6.45, 7) is 4.73. The summed E-state index contributed by atoms with van der Waals surface area (Å²) >= 11 is 1.71. The van der Waals surface area contributed by atoms with Crippen LogP contribution in [0.5, 0.6) is 0 Å². The van der Waals surface area contributed by atoms with E-state index < -0.39 is 4.92 Å². The van der Waals surface area contributed by atoms with Crippen LogP contribution in [0.25, 0.3) is 11.1 Å². The highest BCUT2D eigenvalue weighted by molar-refractivity contribution is 7.12. The Morgan fingerprint density at radius 2 is 2.24 bits per heavy atom. The molecule has 0 atom stereocenters. The summed E-state index contributed by atoms with van der Waals surface area (Å²) in [5, 5.41) is 14.0. The number of benzene rings is 1. The Kier molecular flexibility index (Phi) is 3.34. The highest BCUT2D eigenvalue weighted by atomic mass is 32.1. The number of thiophene rings is 1. The first-order chi connectivity index (χ1) is 10.0. The number of aryl methyl sites for hydroxylation is 2. The predicted molar refractivity (Wildman–Crippen MR) is 81.8 cm³/mol. The monoisotopic (exact) mass is 303 g/mol. The molecule has 21 heavy (non-hydrogen) atoms. The Morgan fingerprint density at radius 1 is 1.43 bits per heavy atom. The zero-order valence-electron chi connectivity index (χ0n) is 11.5. The first kappa shape index (κ1) is 13.6. The number of anilines is 1. The molecule has 108 valence electrons. The fourth-order valence-electron chi connectivity index (χ4n) is 2.06. The largest absolute Gasteiger partial charge is 0.423 e. The van der Waals surface area contributed by atoms with Crippen molar-refractivity contribution >= 4 is 34.1 Å². The van der Waals surface area contributed by atoms with E-state index in [2.05, 4.69) is 30.2 Å². The molecule has 3 aromatic rings.